The van der Waals surface area contributed by atoms with E-state index in [0.717, 1.165) is 46.6 Å². The second-order valence-corrected chi connectivity index (χ2v) is 13.1. The van der Waals surface area contributed by atoms with E-state index in [-0.39, 0.29) is 22.9 Å². The fourth-order valence-electron chi connectivity index (χ4n) is 4.99. The quantitative estimate of drug-likeness (QED) is 0.383. The molecule has 1 aliphatic carbocycles. The van der Waals surface area contributed by atoms with Gasteiger partial charge in [0, 0.05) is 23.6 Å². The van der Waals surface area contributed by atoms with Gasteiger partial charge >= 0.3 is 15.9 Å². The first-order chi connectivity index (χ1) is 16.4. The largest absolute Gasteiger partial charge is 0.832 e. The Morgan fingerprint density at radius 2 is 1.09 bits per heavy atom. The van der Waals surface area contributed by atoms with Gasteiger partial charge in [-0.1, -0.05) is 66.5 Å². The lowest BCUT2D eigenvalue weighted by atomic mass is 9.85. The van der Waals surface area contributed by atoms with Gasteiger partial charge in [0.05, 0.1) is 23.6 Å². The molecule has 4 rings (SSSR count). The smallest absolute Gasteiger partial charge is 0.614 e. The van der Waals surface area contributed by atoms with Gasteiger partial charge in [-0.15, -0.1) is 0 Å². The number of benzene rings is 2. The number of aliphatic imine (C=N–C) groups is 2. The maximum absolute atomic E-state index is 6.43. The molecule has 0 bridgehead atoms. The van der Waals surface area contributed by atoms with Gasteiger partial charge in [-0.25, -0.2) is 0 Å². The number of hydrogen-bond donors (Lipinski definition) is 0. The van der Waals surface area contributed by atoms with Crippen LogP contribution in [-0.2, 0) is 10.8 Å². The number of rotatable bonds is 0. The van der Waals surface area contributed by atoms with Crippen molar-refractivity contribution < 1.29 is 7.58 Å². The zero-order valence-electron chi connectivity index (χ0n) is 22.9. The molecule has 35 heavy (non-hydrogen) atoms. The number of hydrogen-bond acceptors (Lipinski definition) is 4. The third-order valence-corrected chi connectivity index (χ3v) is 8.06. The SMILES string of the molecule is Cc1cc(C(C)(C)C)cc2c1[O][AlH][O]c1c(C)cc(C(C)(C)C)cc1C=NC1CCCCC1N=C2. The molecule has 1 heterocycles. The van der Waals surface area contributed by atoms with Gasteiger partial charge in [0.15, 0.2) is 0 Å². The molecule has 1 aliphatic heterocycles. The second-order valence-electron chi connectivity index (χ2n) is 12.3. The Morgan fingerprint density at radius 1 is 0.686 bits per heavy atom. The van der Waals surface area contributed by atoms with Crippen molar-refractivity contribution >= 4 is 28.3 Å². The van der Waals surface area contributed by atoms with Gasteiger partial charge in [0.1, 0.15) is 0 Å². The summed E-state index contributed by atoms with van der Waals surface area (Å²) >= 11 is -1.32. The fraction of sp³-hybridized carbons (Fsp3) is 0.533. The van der Waals surface area contributed by atoms with Gasteiger partial charge in [-0.3, -0.25) is 9.98 Å². The van der Waals surface area contributed by atoms with Crippen LogP contribution in [0.4, 0.5) is 0 Å². The third kappa shape index (κ3) is 6.01. The Labute approximate surface area is 218 Å². The lowest BCUT2D eigenvalue weighted by Gasteiger charge is -2.26. The molecule has 2 aromatic carbocycles. The highest BCUT2D eigenvalue weighted by atomic mass is 27.2. The highest BCUT2D eigenvalue weighted by molar-refractivity contribution is 6.21. The average Bonchev–Trinajstić information content (AvgIpc) is 2.78. The van der Waals surface area contributed by atoms with Crippen molar-refractivity contribution in [1.29, 1.82) is 0 Å². The number of fused-ring (bicyclic) bond motifs is 3. The van der Waals surface area contributed by atoms with Crippen LogP contribution < -0.4 is 7.58 Å². The summed E-state index contributed by atoms with van der Waals surface area (Å²) in [6, 6.07) is 9.38. The summed E-state index contributed by atoms with van der Waals surface area (Å²) in [5.74, 6) is 1.82. The Kier molecular flexibility index (Phi) is 7.51. The van der Waals surface area contributed by atoms with E-state index in [1.54, 1.807) is 0 Å². The standard InChI is InChI=1S/C30H42N2O2.Al.H/c1-19-13-23(29(3,4)5)15-21(27(19)33)17-31-25-11-9-10-12-26(25)32-18-22-16-24(30(6,7)8)14-20(2)28(22)34;;/h13-18,25-26,33-34H,9-12H2,1-8H3;;/q;+2;/p-2. The van der Waals surface area contributed by atoms with E-state index in [1.165, 1.54) is 24.0 Å². The average molecular weight is 489 g/mol. The third-order valence-electron chi connectivity index (χ3n) is 7.25. The molecule has 4 nitrogen and oxygen atoms in total. The van der Waals surface area contributed by atoms with Crippen LogP contribution in [0.5, 0.6) is 11.5 Å². The van der Waals surface area contributed by atoms with Crippen LogP contribution in [0, 0.1) is 13.8 Å². The molecule has 0 aromatic heterocycles. The molecule has 0 radical (unpaired) electrons. The summed E-state index contributed by atoms with van der Waals surface area (Å²) in [6.07, 6.45) is 8.64. The van der Waals surface area contributed by atoms with Crippen molar-refractivity contribution in [3.05, 3.63) is 57.6 Å². The van der Waals surface area contributed by atoms with E-state index in [2.05, 4.69) is 79.7 Å². The Bertz CT molecular complexity index is 1050. The Morgan fingerprint density at radius 3 is 1.46 bits per heavy atom. The highest BCUT2D eigenvalue weighted by Crippen LogP contribution is 2.34. The molecule has 5 heteroatoms. The maximum Gasteiger partial charge on any atom is 0.832 e. The summed E-state index contributed by atoms with van der Waals surface area (Å²) in [7, 11) is 0. The van der Waals surface area contributed by atoms with E-state index in [1.807, 2.05) is 12.4 Å². The van der Waals surface area contributed by atoms with Gasteiger partial charge in [0.2, 0.25) is 0 Å². The summed E-state index contributed by atoms with van der Waals surface area (Å²) < 4.78 is 12.9. The topological polar surface area (TPSA) is 43.2 Å². The van der Waals surface area contributed by atoms with Crippen molar-refractivity contribution in [2.24, 2.45) is 9.98 Å². The van der Waals surface area contributed by atoms with Crippen molar-refractivity contribution in [3.8, 4) is 11.5 Å². The van der Waals surface area contributed by atoms with Crippen LogP contribution in [0.15, 0.2) is 34.3 Å². The predicted octanol–water partition coefficient (Wildman–Crippen LogP) is 6.79. The Balaban J connectivity index is 1.82. The van der Waals surface area contributed by atoms with Gasteiger partial charge < -0.3 is 7.58 Å². The lowest BCUT2D eigenvalue weighted by molar-refractivity contribution is 0.390. The highest BCUT2D eigenvalue weighted by Gasteiger charge is 2.26. The van der Waals surface area contributed by atoms with Crippen LogP contribution in [0.1, 0.15) is 101 Å². The van der Waals surface area contributed by atoms with Crippen LogP contribution in [-0.4, -0.2) is 40.4 Å². The van der Waals surface area contributed by atoms with Crippen LogP contribution in [0.3, 0.4) is 0 Å². The summed E-state index contributed by atoms with van der Waals surface area (Å²) in [5, 5.41) is 0. The molecule has 2 aromatic rings. The van der Waals surface area contributed by atoms with E-state index in [9.17, 15) is 0 Å². The zero-order chi connectivity index (χ0) is 25.4. The monoisotopic (exact) mass is 488 g/mol. The normalized spacial score (nSPS) is 20.6. The van der Waals surface area contributed by atoms with Crippen LogP contribution >= 0.6 is 0 Å². The molecule has 0 saturated heterocycles. The molecule has 0 amide bonds. The molecule has 2 atom stereocenters. The molecule has 2 aliphatic rings. The first kappa shape index (κ1) is 26.0. The van der Waals surface area contributed by atoms with E-state index < -0.39 is 15.9 Å². The summed E-state index contributed by atoms with van der Waals surface area (Å²) in [5.41, 5.74) is 7.09. The van der Waals surface area contributed by atoms with Crippen LogP contribution in [0.25, 0.3) is 0 Å². The van der Waals surface area contributed by atoms with Crippen molar-refractivity contribution in [2.75, 3.05) is 0 Å². The molecule has 2 unspecified atom stereocenters. The number of nitrogens with zero attached hydrogens (tertiary/aromatic N) is 2. The second kappa shape index (κ2) is 10.1. The summed E-state index contributed by atoms with van der Waals surface area (Å²) in [6.45, 7) is 17.8. The van der Waals surface area contributed by atoms with Gasteiger partial charge in [0.25, 0.3) is 0 Å². The zero-order valence-corrected chi connectivity index (χ0v) is 24.3. The minimum atomic E-state index is -1.32. The van der Waals surface area contributed by atoms with E-state index in [0.29, 0.717) is 0 Å². The molecule has 1 saturated carbocycles. The first-order valence-corrected chi connectivity index (χ1v) is 14.2. The number of aryl methyl sites for hydroxylation is 2. The van der Waals surface area contributed by atoms with E-state index in [4.69, 9.17) is 17.6 Å². The lowest BCUT2D eigenvalue weighted by Crippen LogP contribution is -2.27. The van der Waals surface area contributed by atoms with E-state index >= 15 is 0 Å². The van der Waals surface area contributed by atoms with Gasteiger partial charge in [-0.05, 0) is 71.9 Å². The minimum absolute atomic E-state index is 0.0568. The Hall–Kier alpha value is -2.09. The molecule has 0 N–H and O–H groups in total. The van der Waals surface area contributed by atoms with Crippen LogP contribution in [0.2, 0.25) is 0 Å². The predicted molar refractivity (Wildman–Crippen MR) is 149 cm³/mol. The van der Waals surface area contributed by atoms with Crippen molar-refractivity contribution in [3.63, 3.8) is 0 Å². The summed E-state index contributed by atoms with van der Waals surface area (Å²) in [4.78, 5) is 10.2. The molecular formula is C30H41AlN2O2. The minimum Gasteiger partial charge on any atom is -0.614 e. The molecule has 0 spiro atoms. The first-order valence-electron chi connectivity index (χ1n) is 13.1. The fourth-order valence-corrected chi connectivity index (χ4v) is 6.08. The molecular weight excluding hydrogens is 447 g/mol. The van der Waals surface area contributed by atoms with Gasteiger partial charge in [-0.2, -0.15) is 0 Å². The molecule has 1 fully saturated rings. The van der Waals surface area contributed by atoms with Crippen molar-refractivity contribution in [1.82, 2.24) is 0 Å². The molecule has 186 valence electrons. The van der Waals surface area contributed by atoms with Crippen molar-refractivity contribution in [2.45, 2.75) is 104 Å². The maximum atomic E-state index is 6.43.